The topological polar surface area (TPSA) is 9.23 Å². The van der Waals surface area contributed by atoms with Gasteiger partial charge < -0.3 is 4.74 Å². The van der Waals surface area contributed by atoms with Gasteiger partial charge in [-0.25, -0.2) is 0 Å². The molecule has 28 heavy (non-hydrogen) atoms. The lowest BCUT2D eigenvalue weighted by Gasteiger charge is -2.27. The summed E-state index contributed by atoms with van der Waals surface area (Å²) in [4.78, 5) is 0. The summed E-state index contributed by atoms with van der Waals surface area (Å²) in [5.74, 6) is 1.96. The maximum absolute atomic E-state index is 6.24. The van der Waals surface area contributed by atoms with Crippen LogP contribution in [0.2, 0.25) is 0 Å². The summed E-state index contributed by atoms with van der Waals surface area (Å²) in [6.45, 7) is 2.40. The average Bonchev–Trinajstić information content (AvgIpc) is 2.74. The lowest BCUT2D eigenvalue weighted by molar-refractivity contribution is 0.486. The Morgan fingerprint density at radius 1 is 0.679 bits per heavy atom. The van der Waals surface area contributed by atoms with E-state index in [-0.39, 0.29) is 6.71 Å². The van der Waals surface area contributed by atoms with E-state index in [0.717, 1.165) is 17.8 Å². The van der Waals surface area contributed by atoms with Gasteiger partial charge in [-0.3, -0.25) is 0 Å². The summed E-state index contributed by atoms with van der Waals surface area (Å²) in [6.07, 6.45) is 0.946. The first kappa shape index (κ1) is 16.9. The third-order valence-corrected chi connectivity index (χ3v) is 5.59. The quantitative estimate of drug-likeness (QED) is 0.459. The van der Waals surface area contributed by atoms with Crippen LogP contribution in [0.25, 0.3) is 11.1 Å². The zero-order chi connectivity index (χ0) is 18.9. The largest absolute Gasteiger partial charge is 0.458 e. The maximum Gasteiger partial charge on any atom is 0.223 e. The summed E-state index contributed by atoms with van der Waals surface area (Å²) in [6, 6.07) is 34.4. The molecule has 4 aromatic rings. The molecule has 0 aromatic heterocycles. The molecule has 1 aliphatic rings. The van der Waals surface area contributed by atoms with Crippen molar-refractivity contribution in [2.24, 2.45) is 0 Å². The third-order valence-electron chi connectivity index (χ3n) is 5.59. The summed E-state index contributed by atoms with van der Waals surface area (Å²) in [7, 11) is 0. The standard InChI is InChI=1S/C26H21BO/c1-19-15-16-24-26(17-19)28-25-14-8-7-13-23(25)27(24)18-21-11-5-6-12-22(21)20-9-3-2-4-10-20/h2-17H,18H2,1H3. The zero-order valence-electron chi connectivity index (χ0n) is 15.9. The number of hydrogen-bond donors (Lipinski definition) is 0. The van der Waals surface area contributed by atoms with Crippen molar-refractivity contribution in [1.29, 1.82) is 0 Å². The lowest BCUT2D eigenvalue weighted by Crippen LogP contribution is -2.48. The highest BCUT2D eigenvalue weighted by atomic mass is 16.5. The molecule has 0 bridgehead atoms. The van der Waals surface area contributed by atoms with Gasteiger partial charge in [0.2, 0.25) is 6.71 Å². The molecule has 1 heterocycles. The van der Waals surface area contributed by atoms with Crippen molar-refractivity contribution in [3.05, 3.63) is 108 Å². The van der Waals surface area contributed by atoms with E-state index in [9.17, 15) is 0 Å². The number of rotatable bonds is 3. The first-order chi connectivity index (χ1) is 13.8. The Hall–Kier alpha value is -3.26. The molecule has 0 radical (unpaired) electrons. The van der Waals surface area contributed by atoms with Crippen molar-refractivity contribution in [3.8, 4) is 22.6 Å². The van der Waals surface area contributed by atoms with Crippen molar-refractivity contribution in [3.63, 3.8) is 0 Å². The van der Waals surface area contributed by atoms with Crippen LogP contribution >= 0.6 is 0 Å². The molecule has 0 aliphatic carbocycles. The highest BCUT2D eigenvalue weighted by molar-refractivity contribution is 6.86. The van der Waals surface area contributed by atoms with E-state index in [2.05, 4.69) is 104 Å². The SMILES string of the molecule is Cc1ccc2c(c1)Oc1ccccc1B2Cc1ccccc1-c1ccccc1. The second-order valence-corrected chi connectivity index (χ2v) is 7.46. The van der Waals surface area contributed by atoms with Gasteiger partial charge in [0.15, 0.2) is 0 Å². The monoisotopic (exact) mass is 360 g/mol. The van der Waals surface area contributed by atoms with E-state index < -0.39 is 0 Å². The molecule has 134 valence electrons. The molecule has 5 rings (SSSR count). The number of fused-ring (bicyclic) bond motifs is 2. The Bertz CT molecular complexity index is 1130. The van der Waals surface area contributed by atoms with E-state index in [0.29, 0.717) is 0 Å². The van der Waals surface area contributed by atoms with Crippen LogP contribution in [-0.2, 0) is 6.32 Å². The number of aryl methyl sites for hydroxylation is 1. The van der Waals surface area contributed by atoms with Crippen molar-refractivity contribution in [2.75, 3.05) is 0 Å². The fraction of sp³-hybridized carbons (Fsp3) is 0.0769. The summed E-state index contributed by atoms with van der Waals surface area (Å²) >= 11 is 0. The van der Waals surface area contributed by atoms with Crippen LogP contribution in [0.5, 0.6) is 11.5 Å². The van der Waals surface area contributed by atoms with Crippen molar-refractivity contribution >= 4 is 17.6 Å². The molecule has 0 atom stereocenters. The normalized spacial score (nSPS) is 12.1. The Morgan fingerprint density at radius 3 is 2.29 bits per heavy atom. The maximum atomic E-state index is 6.24. The molecule has 0 unspecified atom stereocenters. The Balaban J connectivity index is 1.62. The molecule has 2 heteroatoms. The lowest BCUT2D eigenvalue weighted by atomic mass is 9.36. The van der Waals surface area contributed by atoms with E-state index in [1.165, 1.54) is 33.2 Å². The molecule has 1 nitrogen and oxygen atoms in total. The van der Waals surface area contributed by atoms with Crippen LogP contribution in [0.1, 0.15) is 11.1 Å². The van der Waals surface area contributed by atoms with E-state index in [1.54, 1.807) is 0 Å². The predicted octanol–water partition coefficient (Wildman–Crippen LogP) is 5.16. The number of benzene rings is 4. The first-order valence-corrected chi connectivity index (χ1v) is 9.80. The van der Waals surface area contributed by atoms with Gasteiger partial charge in [0.25, 0.3) is 0 Å². The number of para-hydroxylation sites is 1. The van der Waals surface area contributed by atoms with Crippen LogP contribution in [0, 0.1) is 6.92 Å². The minimum absolute atomic E-state index is 0.283. The molecule has 0 saturated heterocycles. The van der Waals surface area contributed by atoms with Crippen LogP contribution in [-0.4, -0.2) is 6.71 Å². The van der Waals surface area contributed by atoms with Crippen LogP contribution in [0.3, 0.4) is 0 Å². The predicted molar refractivity (Wildman–Crippen MR) is 118 cm³/mol. The smallest absolute Gasteiger partial charge is 0.223 e. The second kappa shape index (κ2) is 7.05. The Morgan fingerprint density at radius 2 is 1.39 bits per heavy atom. The van der Waals surface area contributed by atoms with Gasteiger partial charge in [-0.05, 0) is 58.6 Å². The van der Waals surface area contributed by atoms with Gasteiger partial charge in [0, 0.05) is 0 Å². The fourth-order valence-electron chi connectivity index (χ4n) is 4.20. The summed E-state index contributed by atoms with van der Waals surface area (Å²) < 4.78 is 6.24. The minimum atomic E-state index is 0.283. The van der Waals surface area contributed by atoms with Gasteiger partial charge in [-0.2, -0.15) is 0 Å². The average molecular weight is 360 g/mol. The first-order valence-electron chi connectivity index (χ1n) is 9.80. The summed E-state index contributed by atoms with van der Waals surface area (Å²) in [5.41, 5.74) is 7.70. The number of ether oxygens (including phenoxy) is 1. The van der Waals surface area contributed by atoms with Crippen molar-refractivity contribution in [1.82, 2.24) is 0 Å². The molecular formula is C26H21BO. The van der Waals surface area contributed by atoms with Gasteiger partial charge in [-0.15, -0.1) is 0 Å². The Labute approximate surface area is 166 Å². The molecule has 0 saturated carbocycles. The fourth-order valence-corrected chi connectivity index (χ4v) is 4.20. The van der Waals surface area contributed by atoms with Crippen LogP contribution in [0.15, 0.2) is 97.1 Å². The highest BCUT2D eigenvalue weighted by Gasteiger charge is 2.31. The molecule has 0 N–H and O–H groups in total. The Kier molecular flexibility index (Phi) is 4.25. The second-order valence-electron chi connectivity index (χ2n) is 7.46. The van der Waals surface area contributed by atoms with Gasteiger partial charge >= 0.3 is 0 Å². The third kappa shape index (κ3) is 3.01. The van der Waals surface area contributed by atoms with Crippen molar-refractivity contribution < 1.29 is 4.74 Å². The minimum Gasteiger partial charge on any atom is -0.458 e. The van der Waals surface area contributed by atoms with E-state index in [4.69, 9.17) is 4.74 Å². The van der Waals surface area contributed by atoms with E-state index >= 15 is 0 Å². The van der Waals surface area contributed by atoms with Gasteiger partial charge in [0.05, 0.1) is 0 Å². The number of hydrogen-bond acceptors (Lipinski definition) is 1. The zero-order valence-corrected chi connectivity index (χ0v) is 15.9. The molecule has 0 spiro atoms. The summed E-state index contributed by atoms with van der Waals surface area (Å²) in [5, 5.41) is 0. The molecule has 4 aromatic carbocycles. The molecule has 0 fully saturated rings. The molecule has 1 aliphatic heterocycles. The highest BCUT2D eigenvalue weighted by Crippen LogP contribution is 2.29. The van der Waals surface area contributed by atoms with Crippen LogP contribution in [0.4, 0.5) is 0 Å². The van der Waals surface area contributed by atoms with Gasteiger partial charge in [-0.1, -0.05) is 84.9 Å². The molecule has 0 amide bonds. The van der Waals surface area contributed by atoms with Gasteiger partial charge in [0.1, 0.15) is 11.5 Å². The van der Waals surface area contributed by atoms with Crippen LogP contribution < -0.4 is 15.7 Å². The van der Waals surface area contributed by atoms with E-state index in [1.807, 2.05) is 0 Å². The molecular weight excluding hydrogens is 339 g/mol. The van der Waals surface area contributed by atoms with Crippen molar-refractivity contribution in [2.45, 2.75) is 13.2 Å².